The summed E-state index contributed by atoms with van der Waals surface area (Å²) in [7, 11) is 0. The molecule has 0 bridgehead atoms. The minimum atomic E-state index is -0.489. The summed E-state index contributed by atoms with van der Waals surface area (Å²) in [5.41, 5.74) is 1.97. The van der Waals surface area contributed by atoms with Crippen LogP contribution < -0.4 is 4.90 Å². The van der Waals surface area contributed by atoms with Gasteiger partial charge >= 0.3 is 0 Å². The topological polar surface area (TPSA) is 3.24 Å². The fourth-order valence-corrected chi connectivity index (χ4v) is 2.98. The van der Waals surface area contributed by atoms with E-state index >= 15 is 0 Å². The number of para-hydroxylation sites is 1. The van der Waals surface area contributed by atoms with Crippen LogP contribution in [0.3, 0.4) is 0 Å². The van der Waals surface area contributed by atoms with Gasteiger partial charge < -0.3 is 4.90 Å². The minimum Gasteiger partial charge on any atom is -0.331 e. The maximum Gasteiger partial charge on any atom is 0.147 e. The largest absolute Gasteiger partial charge is 0.331 e. The number of hydrogen-bond donors (Lipinski definition) is 0. The molecule has 0 spiro atoms. The lowest BCUT2D eigenvalue weighted by atomic mass is 10.0. The van der Waals surface area contributed by atoms with Gasteiger partial charge in [-0.2, -0.15) is 0 Å². The van der Waals surface area contributed by atoms with Crippen molar-refractivity contribution in [2.24, 2.45) is 0 Å². The van der Waals surface area contributed by atoms with E-state index in [1.165, 1.54) is 12.1 Å². The molecule has 0 heterocycles. The van der Waals surface area contributed by atoms with E-state index in [1.807, 2.05) is 57.2 Å². The van der Waals surface area contributed by atoms with Gasteiger partial charge in [-0.25, -0.2) is 8.78 Å². The first kappa shape index (κ1) is 17.2. The summed E-state index contributed by atoms with van der Waals surface area (Å²) in [5, 5.41) is 0. The first-order chi connectivity index (χ1) is 11.9. The zero-order valence-corrected chi connectivity index (χ0v) is 14.6. The molecule has 3 aromatic carbocycles. The molecule has 3 rings (SSSR count). The minimum absolute atomic E-state index is 0.359. The quantitative estimate of drug-likeness (QED) is 0.522. The molecule has 0 aliphatic carbocycles. The van der Waals surface area contributed by atoms with Gasteiger partial charge in [0.25, 0.3) is 0 Å². The highest BCUT2D eigenvalue weighted by Gasteiger charge is 2.28. The summed E-state index contributed by atoms with van der Waals surface area (Å²) in [5.74, 6) is -0.747. The maximum absolute atomic E-state index is 15.0. The van der Waals surface area contributed by atoms with Crippen LogP contribution in [-0.4, -0.2) is 5.54 Å². The number of rotatable bonds is 3. The highest BCUT2D eigenvalue weighted by atomic mass is 19.1. The smallest absolute Gasteiger partial charge is 0.147 e. The molecule has 0 radical (unpaired) electrons. The molecule has 0 saturated carbocycles. The van der Waals surface area contributed by atoms with Gasteiger partial charge in [0, 0.05) is 5.54 Å². The van der Waals surface area contributed by atoms with Crippen molar-refractivity contribution in [3.63, 3.8) is 0 Å². The van der Waals surface area contributed by atoms with Crippen LogP contribution in [0.25, 0.3) is 11.1 Å². The van der Waals surface area contributed by atoms with Crippen molar-refractivity contribution < 1.29 is 8.78 Å². The number of nitrogens with zero attached hydrogens (tertiary/aromatic N) is 1. The zero-order valence-electron chi connectivity index (χ0n) is 14.6. The SMILES string of the molecule is CC(C)(C)N(c1ccccc1F)c1ccc(-c2ccccc2)cc1F. The van der Waals surface area contributed by atoms with Crippen molar-refractivity contribution in [2.45, 2.75) is 26.3 Å². The molecule has 0 aliphatic heterocycles. The molecule has 0 aromatic heterocycles. The van der Waals surface area contributed by atoms with Crippen LogP contribution in [0.1, 0.15) is 20.8 Å². The van der Waals surface area contributed by atoms with Crippen molar-refractivity contribution in [3.05, 3.63) is 84.4 Å². The van der Waals surface area contributed by atoms with Crippen LogP contribution in [0.15, 0.2) is 72.8 Å². The second-order valence-corrected chi connectivity index (χ2v) is 6.99. The Hall–Kier alpha value is -2.68. The van der Waals surface area contributed by atoms with Gasteiger partial charge in [-0.15, -0.1) is 0 Å². The second-order valence-electron chi connectivity index (χ2n) is 6.99. The van der Waals surface area contributed by atoms with E-state index in [0.29, 0.717) is 11.4 Å². The summed E-state index contributed by atoms with van der Waals surface area (Å²) in [6.45, 7) is 5.80. The Morgan fingerprint density at radius 1 is 0.640 bits per heavy atom. The Kier molecular flexibility index (Phi) is 4.58. The third-order valence-corrected chi connectivity index (χ3v) is 4.06. The highest BCUT2D eigenvalue weighted by Crippen LogP contribution is 2.37. The monoisotopic (exact) mass is 337 g/mol. The van der Waals surface area contributed by atoms with Crippen molar-refractivity contribution in [3.8, 4) is 11.1 Å². The fourth-order valence-electron chi connectivity index (χ4n) is 2.98. The number of halogens is 2. The number of benzene rings is 3. The molecular weight excluding hydrogens is 316 g/mol. The molecule has 0 unspecified atom stereocenters. The highest BCUT2D eigenvalue weighted by molar-refractivity contribution is 5.71. The molecule has 0 aliphatic rings. The molecule has 0 atom stereocenters. The predicted molar refractivity (Wildman–Crippen MR) is 100 cm³/mol. The van der Waals surface area contributed by atoms with Crippen molar-refractivity contribution in [1.82, 2.24) is 0 Å². The normalized spacial score (nSPS) is 11.4. The van der Waals surface area contributed by atoms with Crippen molar-refractivity contribution >= 4 is 11.4 Å². The summed E-state index contributed by atoms with van der Waals surface area (Å²) < 4.78 is 29.3. The number of anilines is 2. The Bertz CT molecular complexity index is 867. The van der Waals surface area contributed by atoms with Gasteiger partial charge in [0.1, 0.15) is 11.6 Å². The molecule has 25 heavy (non-hydrogen) atoms. The first-order valence-electron chi connectivity index (χ1n) is 8.27. The molecule has 0 amide bonds. The standard InChI is InChI=1S/C22H21F2N/c1-22(2,3)25(20-12-8-7-11-18(20)23)21-14-13-17(15-19(21)24)16-9-5-4-6-10-16/h4-15H,1-3H3. The summed E-state index contributed by atoms with van der Waals surface area (Å²) in [6.07, 6.45) is 0. The second kappa shape index (κ2) is 6.67. The molecule has 0 N–H and O–H groups in total. The van der Waals surface area contributed by atoms with Crippen LogP contribution in [0.5, 0.6) is 0 Å². The molecular formula is C22H21F2N. The van der Waals surface area contributed by atoms with E-state index < -0.39 is 5.54 Å². The van der Waals surface area contributed by atoms with E-state index in [1.54, 1.807) is 29.2 Å². The van der Waals surface area contributed by atoms with Crippen LogP contribution in [0.4, 0.5) is 20.2 Å². The van der Waals surface area contributed by atoms with E-state index in [0.717, 1.165) is 11.1 Å². The van der Waals surface area contributed by atoms with Gasteiger partial charge in [-0.05, 0) is 56.2 Å². The number of hydrogen-bond acceptors (Lipinski definition) is 1. The third kappa shape index (κ3) is 3.55. The predicted octanol–water partition coefficient (Wildman–Crippen LogP) is 6.57. The Morgan fingerprint density at radius 3 is 1.84 bits per heavy atom. The lowest BCUT2D eigenvalue weighted by molar-refractivity contribution is 0.527. The van der Waals surface area contributed by atoms with Crippen LogP contribution in [-0.2, 0) is 0 Å². The molecule has 0 saturated heterocycles. The zero-order chi connectivity index (χ0) is 18.0. The lowest BCUT2D eigenvalue weighted by Gasteiger charge is -2.38. The lowest BCUT2D eigenvalue weighted by Crippen LogP contribution is -2.38. The summed E-state index contributed by atoms with van der Waals surface area (Å²) in [6, 6.07) is 21.2. The van der Waals surface area contributed by atoms with E-state index in [4.69, 9.17) is 0 Å². The van der Waals surface area contributed by atoms with E-state index in [2.05, 4.69) is 0 Å². The maximum atomic E-state index is 15.0. The van der Waals surface area contributed by atoms with E-state index in [9.17, 15) is 8.78 Å². The molecule has 3 aromatic rings. The Morgan fingerprint density at radius 2 is 1.24 bits per heavy atom. The molecule has 128 valence electrons. The van der Waals surface area contributed by atoms with Gasteiger partial charge in [-0.1, -0.05) is 48.5 Å². The molecule has 0 fully saturated rings. The Labute approximate surface area is 147 Å². The van der Waals surface area contributed by atoms with Crippen LogP contribution in [0.2, 0.25) is 0 Å². The van der Waals surface area contributed by atoms with Gasteiger partial charge in [-0.3, -0.25) is 0 Å². The van der Waals surface area contributed by atoms with Crippen LogP contribution in [0, 0.1) is 11.6 Å². The molecule has 3 heteroatoms. The molecule has 1 nitrogen and oxygen atoms in total. The van der Waals surface area contributed by atoms with Crippen molar-refractivity contribution in [2.75, 3.05) is 4.90 Å². The van der Waals surface area contributed by atoms with Crippen molar-refractivity contribution in [1.29, 1.82) is 0 Å². The average molecular weight is 337 g/mol. The first-order valence-corrected chi connectivity index (χ1v) is 8.27. The van der Waals surface area contributed by atoms with Gasteiger partial charge in [0.15, 0.2) is 0 Å². The fraction of sp³-hybridized carbons (Fsp3) is 0.182. The third-order valence-electron chi connectivity index (χ3n) is 4.06. The average Bonchev–Trinajstić information content (AvgIpc) is 2.58. The summed E-state index contributed by atoms with van der Waals surface area (Å²) in [4.78, 5) is 1.70. The van der Waals surface area contributed by atoms with Gasteiger partial charge in [0.05, 0.1) is 11.4 Å². The Balaban J connectivity index is 2.10. The summed E-state index contributed by atoms with van der Waals surface area (Å²) >= 11 is 0. The van der Waals surface area contributed by atoms with Crippen LogP contribution >= 0.6 is 0 Å². The van der Waals surface area contributed by atoms with E-state index in [-0.39, 0.29) is 11.6 Å². The van der Waals surface area contributed by atoms with Gasteiger partial charge in [0.2, 0.25) is 0 Å².